The molecule has 1 heterocycles. The Balaban J connectivity index is 2.07. The van der Waals surface area contributed by atoms with Gasteiger partial charge in [-0.15, -0.1) is 0 Å². The smallest absolute Gasteiger partial charge is 0.295 e. The van der Waals surface area contributed by atoms with E-state index in [0.29, 0.717) is 23.8 Å². The Morgan fingerprint density at radius 2 is 1.61 bits per heavy atom. The van der Waals surface area contributed by atoms with Crippen LogP contribution >= 0.6 is 0 Å². The van der Waals surface area contributed by atoms with E-state index in [4.69, 9.17) is 4.74 Å². The van der Waals surface area contributed by atoms with E-state index in [0.717, 1.165) is 12.0 Å². The van der Waals surface area contributed by atoms with E-state index in [9.17, 15) is 14.7 Å². The van der Waals surface area contributed by atoms with Crippen molar-refractivity contribution in [2.75, 3.05) is 6.54 Å². The highest BCUT2D eigenvalue weighted by molar-refractivity contribution is 6.46. The van der Waals surface area contributed by atoms with E-state index in [-0.39, 0.29) is 17.4 Å². The summed E-state index contributed by atoms with van der Waals surface area (Å²) in [4.78, 5) is 27.3. The minimum absolute atomic E-state index is 0.0348. The summed E-state index contributed by atoms with van der Waals surface area (Å²) in [7, 11) is 0. The molecule has 1 atom stereocenters. The second kappa shape index (κ2) is 9.38. The monoisotopic (exact) mass is 421 g/mol. The molecule has 5 heteroatoms. The molecule has 0 bridgehead atoms. The van der Waals surface area contributed by atoms with Crippen molar-refractivity contribution in [1.82, 2.24) is 4.90 Å². The Hall–Kier alpha value is -3.08. The fourth-order valence-electron chi connectivity index (χ4n) is 3.88. The second-order valence-electron chi connectivity index (χ2n) is 8.50. The van der Waals surface area contributed by atoms with E-state index in [1.165, 1.54) is 5.56 Å². The lowest BCUT2D eigenvalue weighted by Gasteiger charge is -2.25. The van der Waals surface area contributed by atoms with Crippen molar-refractivity contribution in [1.29, 1.82) is 0 Å². The molecule has 1 aliphatic heterocycles. The number of hydrogen-bond acceptors (Lipinski definition) is 4. The maximum atomic E-state index is 12.9. The third-order valence-electron chi connectivity index (χ3n) is 5.42. The van der Waals surface area contributed by atoms with Gasteiger partial charge in [-0.05, 0) is 61.6 Å². The van der Waals surface area contributed by atoms with Gasteiger partial charge in [0.15, 0.2) is 0 Å². The molecule has 0 spiro atoms. The lowest BCUT2D eigenvalue weighted by atomic mass is 9.93. The van der Waals surface area contributed by atoms with Crippen LogP contribution in [-0.2, 0) is 9.59 Å². The lowest BCUT2D eigenvalue weighted by Crippen LogP contribution is -2.30. The lowest BCUT2D eigenvalue weighted by molar-refractivity contribution is -0.139. The van der Waals surface area contributed by atoms with Crippen LogP contribution in [0, 0.1) is 0 Å². The van der Waals surface area contributed by atoms with Crippen LogP contribution in [0.2, 0.25) is 0 Å². The highest BCUT2D eigenvalue weighted by Crippen LogP contribution is 2.40. The van der Waals surface area contributed by atoms with Crippen LogP contribution in [0.3, 0.4) is 0 Å². The predicted molar refractivity (Wildman–Crippen MR) is 122 cm³/mol. The first-order valence-corrected chi connectivity index (χ1v) is 10.9. The maximum Gasteiger partial charge on any atom is 0.295 e. The number of carbonyl (C=O) groups is 2. The van der Waals surface area contributed by atoms with Gasteiger partial charge in [0.1, 0.15) is 11.5 Å². The zero-order valence-corrected chi connectivity index (χ0v) is 18.9. The zero-order chi connectivity index (χ0) is 22.7. The first kappa shape index (κ1) is 22.6. The van der Waals surface area contributed by atoms with E-state index in [2.05, 4.69) is 13.8 Å². The van der Waals surface area contributed by atoms with Gasteiger partial charge in [0, 0.05) is 12.1 Å². The van der Waals surface area contributed by atoms with Crippen molar-refractivity contribution in [2.45, 2.75) is 59.1 Å². The number of nitrogens with zero attached hydrogens (tertiary/aromatic N) is 1. The number of ketones is 1. The molecule has 164 valence electrons. The Bertz CT molecular complexity index is 971. The van der Waals surface area contributed by atoms with Crippen molar-refractivity contribution in [2.24, 2.45) is 0 Å². The molecule has 2 aromatic rings. The molecular weight excluding hydrogens is 390 g/mol. The Morgan fingerprint density at radius 3 is 2.13 bits per heavy atom. The Kier molecular flexibility index (Phi) is 6.84. The quantitative estimate of drug-likeness (QED) is 0.368. The highest BCUT2D eigenvalue weighted by atomic mass is 16.5. The summed E-state index contributed by atoms with van der Waals surface area (Å²) in [5.74, 6) is -0.320. The number of rotatable bonds is 7. The standard InChI is InChI=1S/C26H31NO4/c1-6-15-27-23(19-9-7-18(8-10-19)16(2)3)22(25(29)26(27)30)24(28)20-11-13-21(14-12-20)31-17(4)5/h7-14,16-17,23,28H,6,15H2,1-5H3/b24-22-. The molecule has 3 rings (SSSR count). The van der Waals surface area contributed by atoms with Crippen LogP contribution in [0.5, 0.6) is 5.75 Å². The molecule has 31 heavy (non-hydrogen) atoms. The fraction of sp³-hybridized carbons (Fsp3) is 0.385. The number of aliphatic hydroxyl groups excluding tert-OH is 1. The topological polar surface area (TPSA) is 66.8 Å². The van der Waals surface area contributed by atoms with Gasteiger partial charge in [-0.25, -0.2) is 0 Å². The zero-order valence-electron chi connectivity index (χ0n) is 18.9. The molecule has 1 saturated heterocycles. The SMILES string of the molecule is CCCN1C(=O)C(=O)/C(=C(\O)c2ccc(OC(C)C)cc2)C1c1ccc(C(C)C)cc1. The van der Waals surface area contributed by atoms with Gasteiger partial charge in [-0.3, -0.25) is 9.59 Å². The maximum absolute atomic E-state index is 12.9. The third-order valence-corrected chi connectivity index (χ3v) is 5.42. The number of aliphatic hydroxyl groups is 1. The molecule has 1 fully saturated rings. The predicted octanol–water partition coefficient (Wildman–Crippen LogP) is 5.43. The molecule has 0 radical (unpaired) electrons. The summed E-state index contributed by atoms with van der Waals surface area (Å²) in [5.41, 5.74) is 2.61. The number of amides is 1. The molecular formula is C26H31NO4. The molecule has 1 N–H and O–H groups in total. The average molecular weight is 422 g/mol. The number of likely N-dealkylation sites (tertiary alicyclic amines) is 1. The molecule has 1 amide bonds. The van der Waals surface area contributed by atoms with Crippen LogP contribution in [0.4, 0.5) is 0 Å². The van der Waals surface area contributed by atoms with Crippen molar-refractivity contribution < 1.29 is 19.4 Å². The second-order valence-corrected chi connectivity index (χ2v) is 8.50. The largest absolute Gasteiger partial charge is 0.507 e. The molecule has 2 aromatic carbocycles. The molecule has 0 aromatic heterocycles. The fourth-order valence-corrected chi connectivity index (χ4v) is 3.88. The van der Waals surface area contributed by atoms with Gasteiger partial charge >= 0.3 is 0 Å². The third kappa shape index (κ3) is 4.66. The van der Waals surface area contributed by atoms with Crippen molar-refractivity contribution in [3.8, 4) is 5.75 Å². The van der Waals surface area contributed by atoms with Crippen LogP contribution in [0.25, 0.3) is 5.76 Å². The van der Waals surface area contributed by atoms with Gasteiger partial charge in [0.25, 0.3) is 11.7 Å². The number of Topliss-reactive ketones (excluding diaryl/α,β-unsaturated/α-hetero) is 1. The van der Waals surface area contributed by atoms with Crippen molar-refractivity contribution in [3.05, 3.63) is 70.8 Å². The first-order chi connectivity index (χ1) is 14.7. The van der Waals surface area contributed by atoms with E-state index < -0.39 is 17.7 Å². The summed E-state index contributed by atoms with van der Waals surface area (Å²) in [6.45, 7) is 10.5. The number of hydrogen-bond donors (Lipinski definition) is 1. The van der Waals surface area contributed by atoms with E-state index in [1.54, 1.807) is 29.2 Å². The Morgan fingerprint density at radius 1 is 1.00 bits per heavy atom. The van der Waals surface area contributed by atoms with Gasteiger partial charge in [-0.2, -0.15) is 0 Å². The van der Waals surface area contributed by atoms with Crippen molar-refractivity contribution in [3.63, 3.8) is 0 Å². The summed E-state index contributed by atoms with van der Waals surface area (Å²) in [6.07, 6.45) is 0.752. The highest BCUT2D eigenvalue weighted by Gasteiger charge is 2.45. The van der Waals surface area contributed by atoms with Crippen LogP contribution in [0.1, 0.15) is 69.7 Å². The number of benzene rings is 2. The molecule has 1 unspecified atom stereocenters. The first-order valence-electron chi connectivity index (χ1n) is 10.9. The summed E-state index contributed by atoms with van der Waals surface area (Å²) in [6, 6.07) is 14.2. The van der Waals surface area contributed by atoms with Gasteiger partial charge in [-0.1, -0.05) is 45.0 Å². The summed E-state index contributed by atoms with van der Waals surface area (Å²) in [5, 5.41) is 11.1. The average Bonchev–Trinajstić information content (AvgIpc) is 2.98. The molecule has 0 aliphatic carbocycles. The molecule has 0 saturated carbocycles. The molecule has 1 aliphatic rings. The summed E-state index contributed by atoms with van der Waals surface area (Å²) >= 11 is 0. The minimum atomic E-state index is -0.647. The summed E-state index contributed by atoms with van der Waals surface area (Å²) < 4.78 is 5.66. The number of ether oxygens (including phenoxy) is 1. The van der Waals surface area contributed by atoms with E-state index >= 15 is 0 Å². The minimum Gasteiger partial charge on any atom is -0.507 e. The van der Waals surface area contributed by atoms with Crippen LogP contribution in [-0.4, -0.2) is 34.3 Å². The van der Waals surface area contributed by atoms with Crippen LogP contribution < -0.4 is 4.74 Å². The Labute approximate surface area is 184 Å². The van der Waals surface area contributed by atoms with Gasteiger partial charge in [0.2, 0.25) is 0 Å². The van der Waals surface area contributed by atoms with Gasteiger partial charge in [0.05, 0.1) is 17.7 Å². The van der Waals surface area contributed by atoms with Gasteiger partial charge < -0.3 is 14.7 Å². The van der Waals surface area contributed by atoms with Crippen molar-refractivity contribution >= 4 is 17.4 Å². The number of carbonyl (C=O) groups excluding carboxylic acids is 2. The van der Waals surface area contributed by atoms with Crippen LogP contribution in [0.15, 0.2) is 54.1 Å². The molecule has 5 nitrogen and oxygen atoms in total. The van der Waals surface area contributed by atoms with E-state index in [1.807, 2.05) is 45.0 Å². The normalized spacial score (nSPS) is 18.3.